The molecule has 0 aliphatic carbocycles. The zero-order valence-corrected chi connectivity index (χ0v) is 12.9. The highest BCUT2D eigenvalue weighted by Crippen LogP contribution is 2.30. The smallest absolute Gasteiger partial charge is 0.0427 e. The SMILES string of the molecule is Cc1ccc(C)c(C(N)CN2CCC(C)(C)CC2)c1. The second kappa shape index (κ2) is 5.64. The number of nitrogens with two attached hydrogens (primary N) is 1. The summed E-state index contributed by atoms with van der Waals surface area (Å²) < 4.78 is 0. The van der Waals surface area contributed by atoms with Crippen LogP contribution >= 0.6 is 0 Å². The summed E-state index contributed by atoms with van der Waals surface area (Å²) in [6.07, 6.45) is 2.57. The van der Waals surface area contributed by atoms with Crippen molar-refractivity contribution in [2.24, 2.45) is 11.1 Å². The Hall–Kier alpha value is -0.860. The zero-order valence-electron chi connectivity index (χ0n) is 12.9. The summed E-state index contributed by atoms with van der Waals surface area (Å²) in [6.45, 7) is 12.4. The van der Waals surface area contributed by atoms with Crippen molar-refractivity contribution < 1.29 is 0 Å². The van der Waals surface area contributed by atoms with E-state index in [0.717, 1.165) is 6.54 Å². The van der Waals surface area contributed by atoms with Gasteiger partial charge in [0.15, 0.2) is 0 Å². The first-order chi connectivity index (χ1) is 8.87. The Kier molecular flexibility index (Phi) is 4.32. The van der Waals surface area contributed by atoms with Crippen LogP contribution in [0.15, 0.2) is 18.2 Å². The van der Waals surface area contributed by atoms with Crippen molar-refractivity contribution in [1.82, 2.24) is 4.90 Å². The average molecular weight is 260 g/mol. The van der Waals surface area contributed by atoms with Gasteiger partial charge in [-0.15, -0.1) is 0 Å². The number of likely N-dealkylation sites (tertiary alicyclic amines) is 1. The maximum atomic E-state index is 6.42. The van der Waals surface area contributed by atoms with Crippen LogP contribution in [-0.2, 0) is 0 Å². The number of benzene rings is 1. The first-order valence-electron chi connectivity index (χ1n) is 7.42. The van der Waals surface area contributed by atoms with Gasteiger partial charge in [0, 0.05) is 12.6 Å². The van der Waals surface area contributed by atoms with E-state index in [4.69, 9.17) is 5.73 Å². The van der Waals surface area contributed by atoms with Crippen LogP contribution in [0.5, 0.6) is 0 Å². The molecular formula is C17H28N2. The fraction of sp³-hybridized carbons (Fsp3) is 0.647. The molecule has 1 aromatic rings. The minimum Gasteiger partial charge on any atom is -0.323 e. The molecule has 1 unspecified atom stereocenters. The Labute approximate surface area is 118 Å². The summed E-state index contributed by atoms with van der Waals surface area (Å²) in [4.78, 5) is 2.53. The van der Waals surface area contributed by atoms with Crippen molar-refractivity contribution in [1.29, 1.82) is 0 Å². The molecule has 1 heterocycles. The van der Waals surface area contributed by atoms with E-state index in [1.54, 1.807) is 0 Å². The van der Waals surface area contributed by atoms with Gasteiger partial charge in [-0.2, -0.15) is 0 Å². The van der Waals surface area contributed by atoms with Gasteiger partial charge in [0.25, 0.3) is 0 Å². The molecule has 2 N–H and O–H groups in total. The van der Waals surface area contributed by atoms with Gasteiger partial charge in [0.1, 0.15) is 0 Å². The van der Waals surface area contributed by atoms with Crippen LogP contribution in [0.1, 0.15) is 49.4 Å². The van der Waals surface area contributed by atoms with Crippen molar-refractivity contribution in [2.45, 2.75) is 46.6 Å². The Morgan fingerprint density at radius 3 is 2.47 bits per heavy atom. The van der Waals surface area contributed by atoms with E-state index < -0.39 is 0 Å². The van der Waals surface area contributed by atoms with E-state index in [1.807, 2.05) is 0 Å². The predicted octanol–water partition coefficient (Wildman–Crippen LogP) is 3.43. The monoisotopic (exact) mass is 260 g/mol. The van der Waals surface area contributed by atoms with E-state index in [0.29, 0.717) is 5.41 Å². The number of piperidine rings is 1. The van der Waals surface area contributed by atoms with Gasteiger partial charge in [-0.1, -0.05) is 37.6 Å². The van der Waals surface area contributed by atoms with E-state index in [-0.39, 0.29) is 6.04 Å². The molecule has 1 aliphatic heterocycles. The molecule has 0 radical (unpaired) electrons. The second-order valence-corrected chi connectivity index (χ2v) is 6.93. The molecule has 1 saturated heterocycles. The summed E-state index contributed by atoms with van der Waals surface area (Å²) in [5.74, 6) is 0. The lowest BCUT2D eigenvalue weighted by Gasteiger charge is -2.38. The van der Waals surface area contributed by atoms with Crippen LogP contribution < -0.4 is 5.73 Å². The maximum absolute atomic E-state index is 6.42. The lowest BCUT2D eigenvalue weighted by molar-refractivity contribution is 0.127. The van der Waals surface area contributed by atoms with Crippen LogP contribution in [0.2, 0.25) is 0 Å². The van der Waals surface area contributed by atoms with Gasteiger partial charge in [-0.25, -0.2) is 0 Å². The molecule has 1 aromatic carbocycles. The molecule has 1 aliphatic rings. The molecule has 19 heavy (non-hydrogen) atoms. The molecule has 106 valence electrons. The molecule has 1 atom stereocenters. The molecule has 2 heteroatoms. The molecule has 1 fully saturated rings. The van der Waals surface area contributed by atoms with Gasteiger partial charge < -0.3 is 10.6 Å². The van der Waals surface area contributed by atoms with Crippen molar-refractivity contribution in [3.8, 4) is 0 Å². The van der Waals surface area contributed by atoms with Gasteiger partial charge in [0.2, 0.25) is 0 Å². The Balaban J connectivity index is 1.98. The number of nitrogens with zero attached hydrogens (tertiary/aromatic N) is 1. The Morgan fingerprint density at radius 1 is 1.21 bits per heavy atom. The fourth-order valence-electron chi connectivity index (χ4n) is 2.88. The minimum atomic E-state index is 0.140. The van der Waals surface area contributed by atoms with Gasteiger partial charge >= 0.3 is 0 Å². The summed E-state index contributed by atoms with van der Waals surface area (Å²) in [6, 6.07) is 6.73. The van der Waals surface area contributed by atoms with Crippen molar-refractivity contribution in [2.75, 3.05) is 19.6 Å². The molecule has 0 saturated carbocycles. The standard InChI is InChI=1S/C17H28N2/c1-13-5-6-14(2)15(11-13)16(18)12-19-9-7-17(3,4)8-10-19/h5-6,11,16H,7-10,12,18H2,1-4H3. The molecule has 0 aromatic heterocycles. The summed E-state index contributed by atoms with van der Waals surface area (Å²) in [5.41, 5.74) is 10.9. The van der Waals surface area contributed by atoms with E-state index in [1.165, 1.54) is 42.6 Å². The maximum Gasteiger partial charge on any atom is 0.0427 e. The summed E-state index contributed by atoms with van der Waals surface area (Å²) >= 11 is 0. The third kappa shape index (κ3) is 3.80. The topological polar surface area (TPSA) is 29.3 Å². The van der Waals surface area contributed by atoms with Crippen LogP contribution in [0.25, 0.3) is 0 Å². The molecule has 2 nitrogen and oxygen atoms in total. The van der Waals surface area contributed by atoms with Crippen molar-refractivity contribution in [3.05, 3.63) is 34.9 Å². The number of hydrogen-bond acceptors (Lipinski definition) is 2. The molecule has 0 spiro atoms. The van der Waals surface area contributed by atoms with Gasteiger partial charge in [0.05, 0.1) is 0 Å². The highest BCUT2D eigenvalue weighted by molar-refractivity contribution is 5.33. The second-order valence-electron chi connectivity index (χ2n) is 6.93. The number of aryl methyl sites for hydroxylation is 2. The molecule has 2 rings (SSSR count). The van der Waals surface area contributed by atoms with Gasteiger partial charge in [-0.05, 0) is 56.3 Å². The van der Waals surface area contributed by atoms with Crippen LogP contribution in [0.4, 0.5) is 0 Å². The largest absolute Gasteiger partial charge is 0.323 e. The third-order valence-corrected chi connectivity index (χ3v) is 4.50. The quantitative estimate of drug-likeness (QED) is 0.902. The highest BCUT2D eigenvalue weighted by Gasteiger charge is 2.26. The number of hydrogen-bond donors (Lipinski definition) is 1. The van der Waals surface area contributed by atoms with Gasteiger partial charge in [-0.3, -0.25) is 0 Å². The fourth-order valence-corrected chi connectivity index (χ4v) is 2.88. The number of rotatable bonds is 3. The van der Waals surface area contributed by atoms with E-state index in [2.05, 4.69) is 50.8 Å². The van der Waals surface area contributed by atoms with Crippen molar-refractivity contribution >= 4 is 0 Å². The Bertz CT molecular complexity index is 427. The minimum absolute atomic E-state index is 0.140. The lowest BCUT2D eigenvalue weighted by atomic mass is 9.82. The molecule has 0 amide bonds. The lowest BCUT2D eigenvalue weighted by Crippen LogP contribution is -2.41. The predicted molar refractivity (Wildman–Crippen MR) is 82.3 cm³/mol. The highest BCUT2D eigenvalue weighted by atomic mass is 15.1. The van der Waals surface area contributed by atoms with E-state index >= 15 is 0 Å². The third-order valence-electron chi connectivity index (χ3n) is 4.50. The first kappa shape index (κ1) is 14.5. The Morgan fingerprint density at radius 2 is 1.84 bits per heavy atom. The summed E-state index contributed by atoms with van der Waals surface area (Å²) in [7, 11) is 0. The normalized spacial score (nSPS) is 21.3. The van der Waals surface area contributed by atoms with Crippen LogP contribution in [-0.4, -0.2) is 24.5 Å². The zero-order chi connectivity index (χ0) is 14.0. The summed E-state index contributed by atoms with van der Waals surface area (Å²) in [5, 5.41) is 0. The molecular weight excluding hydrogens is 232 g/mol. The average Bonchev–Trinajstić information content (AvgIpc) is 2.35. The van der Waals surface area contributed by atoms with Crippen molar-refractivity contribution in [3.63, 3.8) is 0 Å². The van der Waals surface area contributed by atoms with Crippen LogP contribution in [0, 0.1) is 19.3 Å². The van der Waals surface area contributed by atoms with Crippen LogP contribution in [0.3, 0.4) is 0 Å². The molecule has 0 bridgehead atoms. The van der Waals surface area contributed by atoms with E-state index in [9.17, 15) is 0 Å². The first-order valence-corrected chi connectivity index (χ1v) is 7.42.